The molecule has 0 unspecified atom stereocenters. The van der Waals surface area contributed by atoms with E-state index in [0.717, 1.165) is 38.2 Å². The summed E-state index contributed by atoms with van der Waals surface area (Å²) in [4.78, 5) is 2.49. The molecule has 0 saturated heterocycles. The average Bonchev–Trinajstić information content (AvgIpc) is 2.56. The van der Waals surface area contributed by atoms with E-state index in [9.17, 15) is 0 Å². The number of benzene rings is 2. The van der Waals surface area contributed by atoms with Crippen molar-refractivity contribution in [2.24, 2.45) is 5.73 Å². The number of unbranched alkanes of at least 4 members (excludes halogenated alkanes) is 1. The van der Waals surface area contributed by atoms with Crippen LogP contribution in [-0.4, -0.2) is 22.4 Å². The summed E-state index contributed by atoms with van der Waals surface area (Å²) in [5, 5.41) is 7.46. The molecule has 0 aliphatic carbocycles. The summed E-state index contributed by atoms with van der Waals surface area (Å²) in [6.45, 7) is 2.99. The summed E-state index contributed by atoms with van der Waals surface area (Å²) in [7, 11) is 0. The second-order valence-corrected chi connectivity index (χ2v) is 6.74. The van der Waals surface area contributed by atoms with Gasteiger partial charge in [0, 0.05) is 18.8 Å². The molecule has 130 valence electrons. The van der Waals surface area contributed by atoms with Gasteiger partial charge >= 0.3 is 0 Å². The molecule has 0 atom stereocenters. The zero-order valence-electron chi connectivity index (χ0n) is 13.9. The van der Waals surface area contributed by atoms with Crippen LogP contribution in [0.1, 0.15) is 24.0 Å². The van der Waals surface area contributed by atoms with Crippen molar-refractivity contribution in [1.82, 2.24) is 4.90 Å². The Morgan fingerprint density at radius 3 is 1.83 bits per heavy atom. The first-order chi connectivity index (χ1) is 11.2. The molecule has 2 rings (SSSR count). The van der Waals surface area contributed by atoms with Crippen molar-refractivity contribution >= 4 is 29.3 Å². The van der Waals surface area contributed by atoms with Crippen molar-refractivity contribution in [3.63, 3.8) is 0 Å². The number of nitrogens with zero attached hydrogens (tertiary/aromatic N) is 1. The van der Waals surface area contributed by atoms with E-state index in [1.54, 1.807) is 0 Å². The molecule has 0 fully saturated rings. The Hall–Kier alpha value is -1.49. The smallest absolute Gasteiger partial charge is 0.151 e. The normalized spacial score (nSPS) is 10.4. The fourth-order valence-corrected chi connectivity index (χ4v) is 3.09. The van der Waals surface area contributed by atoms with Crippen LogP contribution in [0, 0.1) is 5.41 Å². The lowest BCUT2D eigenvalue weighted by Crippen LogP contribution is -2.24. The number of thioether (sulfide) groups is 1. The first kappa shape index (κ1) is 20.6. The molecule has 2 aromatic carbocycles. The first-order valence-corrected chi connectivity index (χ1v) is 8.99. The predicted molar refractivity (Wildman–Crippen MR) is 108 cm³/mol. The highest BCUT2D eigenvalue weighted by molar-refractivity contribution is 8.13. The quantitative estimate of drug-likeness (QED) is 0.391. The number of rotatable bonds is 9. The van der Waals surface area contributed by atoms with Crippen molar-refractivity contribution < 1.29 is 0 Å². The second-order valence-electron chi connectivity index (χ2n) is 5.60. The van der Waals surface area contributed by atoms with Gasteiger partial charge in [0.1, 0.15) is 0 Å². The second kappa shape index (κ2) is 12.0. The van der Waals surface area contributed by atoms with E-state index in [4.69, 9.17) is 11.1 Å². The Morgan fingerprint density at radius 2 is 1.38 bits per heavy atom. The number of halogens is 1. The highest BCUT2D eigenvalue weighted by Gasteiger charge is 2.07. The maximum Gasteiger partial charge on any atom is 0.151 e. The van der Waals surface area contributed by atoms with Crippen LogP contribution in [0.2, 0.25) is 0 Å². The van der Waals surface area contributed by atoms with Crippen LogP contribution in [0.4, 0.5) is 0 Å². The van der Waals surface area contributed by atoms with Crippen LogP contribution in [0.3, 0.4) is 0 Å². The zero-order valence-corrected chi connectivity index (χ0v) is 15.5. The van der Waals surface area contributed by atoms with Gasteiger partial charge in [0.05, 0.1) is 0 Å². The molecule has 0 radical (unpaired) electrons. The molecule has 0 aliphatic heterocycles. The molecule has 24 heavy (non-hydrogen) atoms. The lowest BCUT2D eigenvalue weighted by Gasteiger charge is -2.22. The summed E-state index contributed by atoms with van der Waals surface area (Å²) < 4.78 is 0. The number of nitrogens with one attached hydrogen (secondary N) is 1. The molecule has 3 N–H and O–H groups in total. The first-order valence-electron chi connectivity index (χ1n) is 8.01. The van der Waals surface area contributed by atoms with Gasteiger partial charge in [0.2, 0.25) is 0 Å². The minimum absolute atomic E-state index is 0. The summed E-state index contributed by atoms with van der Waals surface area (Å²) in [6.07, 6.45) is 2.21. The molecule has 0 bridgehead atoms. The molecule has 2 aromatic rings. The van der Waals surface area contributed by atoms with E-state index in [1.165, 1.54) is 22.9 Å². The molecule has 0 heterocycles. The molecule has 0 aliphatic rings. The standard InChI is InChI=1S/C19H25N3S.ClH/c20-19(21)23-14-8-7-13-22(15-17-9-3-1-4-10-17)16-18-11-5-2-6-12-18;/h1-6,9-12H,7-8,13-16H2,(H3,20,21);1H. The van der Waals surface area contributed by atoms with Crippen LogP contribution in [0.25, 0.3) is 0 Å². The number of nitrogens with two attached hydrogens (primary N) is 1. The Kier molecular flexibility index (Phi) is 10.2. The lowest BCUT2D eigenvalue weighted by molar-refractivity contribution is 0.253. The van der Waals surface area contributed by atoms with Gasteiger partial charge in [-0.2, -0.15) is 0 Å². The minimum atomic E-state index is 0. The van der Waals surface area contributed by atoms with Crippen LogP contribution in [0.15, 0.2) is 60.7 Å². The predicted octanol–water partition coefficient (Wildman–Crippen LogP) is 4.52. The average molecular weight is 364 g/mol. The van der Waals surface area contributed by atoms with Crippen molar-refractivity contribution in [2.45, 2.75) is 25.9 Å². The fourth-order valence-electron chi connectivity index (χ4n) is 2.52. The molecular weight excluding hydrogens is 338 g/mol. The van der Waals surface area contributed by atoms with Crippen molar-refractivity contribution in [3.8, 4) is 0 Å². The summed E-state index contributed by atoms with van der Waals surface area (Å²) in [5.74, 6) is 0.930. The van der Waals surface area contributed by atoms with Gasteiger partial charge in [-0.05, 0) is 30.5 Å². The van der Waals surface area contributed by atoms with Crippen LogP contribution in [0.5, 0.6) is 0 Å². The maximum atomic E-state index is 7.24. The molecule has 3 nitrogen and oxygen atoms in total. The van der Waals surface area contributed by atoms with Gasteiger partial charge in [-0.3, -0.25) is 10.3 Å². The molecule has 0 aromatic heterocycles. The third-order valence-corrected chi connectivity index (χ3v) is 4.43. The third-order valence-electron chi connectivity index (χ3n) is 3.62. The van der Waals surface area contributed by atoms with Crippen LogP contribution >= 0.6 is 24.2 Å². The largest absolute Gasteiger partial charge is 0.379 e. The summed E-state index contributed by atoms with van der Waals surface area (Å²) in [5.41, 5.74) is 8.07. The van der Waals surface area contributed by atoms with E-state index in [1.807, 2.05) is 0 Å². The van der Waals surface area contributed by atoms with Gasteiger partial charge in [-0.1, -0.05) is 72.4 Å². The molecular formula is C19H26ClN3S. The van der Waals surface area contributed by atoms with E-state index in [2.05, 4.69) is 65.6 Å². The number of hydrogen-bond donors (Lipinski definition) is 2. The van der Waals surface area contributed by atoms with E-state index < -0.39 is 0 Å². The van der Waals surface area contributed by atoms with E-state index >= 15 is 0 Å². The highest BCUT2D eigenvalue weighted by atomic mass is 35.5. The van der Waals surface area contributed by atoms with Crippen molar-refractivity contribution in [2.75, 3.05) is 12.3 Å². The van der Waals surface area contributed by atoms with Gasteiger partial charge < -0.3 is 5.73 Å². The van der Waals surface area contributed by atoms with Crippen molar-refractivity contribution in [1.29, 1.82) is 5.41 Å². The van der Waals surface area contributed by atoms with Gasteiger partial charge in [0.15, 0.2) is 5.17 Å². The SMILES string of the molecule is Cl.N=C(N)SCCCCN(Cc1ccccc1)Cc1ccccc1. The number of hydrogen-bond acceptors (Lipinski definition) is 3. The number of amidine groups is 1. The monoisotopic (exact) mass is 363 g/mol. The Labute approximate surface area is 155 Å². The molecule has 0 spiro atoms. The van der Waals surface area contributed by atoms with E-state index in [0.29, 0.717) is 0 Å². The highest BCUT2D eigenvalue weighted by Crippen LogP contribution is 2.12. The lowest BCUT2D eigenvalue weighted by atomic mass is 10.1. The molecule has 5 heteroatoms. The summed E-state index contributed by atoms with van der Waals surface area (Å²) >= 11 is 1.43. The fraction of sp³-hybridized carbons (Fsp3) is 0.316. The van der Waals surface area contributed by atoms with Crippen LogP contribution < -0.4 is 5.73 Å². The van der Waals surface area contributed by atoms with Crippen molar-refractivity contribution in [3.05, 3.63) is 71.8 Å². The Morgan fingerprint density at radius 1 is 0.875 bits per heavy atom. The van der Waals surface area contributed by atoms with Gasteiger partial charge in [-0.25, -0.2) is 0 Å². The minimum Gasteiger partial charge on any atom is -0.379 e. The molecule has 0 saturated carbocycles. The molecule has 0 amide bonds. The van der Waals surface area contributed by atoms with Gasteiger partial charge in [-0.15, -0.1) is 12.4 Å². The Bertz CT molecular complexity index is 536. The maximum absolute atomic E-state index is 7.24. The van der Waals surface area contributed by atoms with Gasteiger partial charge in [0.25, 0.3) is 0 Å². The zero-order chi connectivity index (χ0) is 16.3. The van der Waals surface area contributed by atoms with Crippen LogP contribution in [-0.2, 0) is 13.1 Å². The van der Waals surface area contributed by atoms with E-state index in [-0.39, 0.29) is 17.6 Å². The topological polar surface area (TPSA) is 53.1 Å². The summed E-state index contributed by atoms with van der Waals surface area (Å²) in [6, 6.07) is 21.2. The third kappa shape index (κ3) is 8.39. The Balaban J connectivity index is 0.00000288.